The van der Waals surface area contributed by atoms with Gasteiger partial charge in [0.25, 0.3) is 5.88 Å². The Balaban J connectivity index is 2.53. The van der Waals surface area contributed by atoms with Gasteiger partial charge < -0.3 is 14.8 Å². The SMILES string of the molecule is CCNCc1ccnc(OCCCOC)c1F. The van der Waals surface area contributed by atoms with Crippen LogP contribution in [0.5, 0.6) is 5.88 Å². The Bertz CT molecular complexity index is 334. The Morgan fingerprint density at radius 3 is 2.94 bits per heavy atom. The van der Waals surface area contributed by atoms with E-state index in [1.165, 1.54) is 0 Å². The summed E-state index contributed by atoms with van der Waals surface area (Å²) in [5, 5.41) is 3.07. The Hall–Kier alpha value is -1.20. The number of nitrogens with one attached hydrogen (secondary N) is 1. The minimum absolute atomic E-state index is 0.0662. The largest absolute Gasteiger partial charge is 0.475 e. The first-order chi connectivity index (χ1) is 8.29. The molecule has 17 heavy (non-hydrogen) atoms. The molecule has 0 saturated heterocycles. The number of hydrogen-bond acceptors (Lipinski definition) is 4. The number of aromatic nitrogens is 1. The molecule has 0 aliphatic heterocycles. The average molecular weight is 242 g/mol. The Kier molecular flexibility index (Phi) is 6.50. The van der Waals surface area contributed by atoms with Crippen LogP contribution in [0.2, 0.25) is 0 Å². The molecule has 1 heterocycles. The van der Waals surface area contributed by atoms with E-state index >= 15 is 0 Å². The number of rotatable bonds is 8. The molecule has 0 saturated carbocycles. The van der Waals surface area contributed by atoms with Crippen LogP contribution in [-0.4, -0.2) is 31.9 Å². The maximum absolute atomic E-state index is 13.8. The number of halogens is 1. The summed E-state index contributed by atoms with van der Waals surface area (Å²) in [6.45, 7) is 4.26. The van der Waals surface area contributed by atoms with E-state index in [-0.39, 0.29) is 11.7 Å². The highest BCUT2D eigenvalue weighted by atomic mass is 19.1. The van der Waals surface area contributed by atoms with E-state index in [2.05, 4.69) is 10.3 Å². The van der Waals surface area contributed by atoms with Crippen LogP contribution in [0.25, 0.3) is 0 Å². The van der Waals surface area contributed by atoms with Gasteiger partial charge in [-0.25, -0.2) is 9.37 Å². The number of pyridine rings is 1. The Labute approximate surface area is 101 Å². The topological polar surface area (TPSA) is 43.4 Å². The lowest BCUT2D eigenvalue weighted by atomic mass is 10.2. The molecule has 0 aromatic carbocycles. The van der Waals surface area contributed by atoms with Gasteiger partial charge in [0, 0.05) is 38.4 Å². The first-order valence-corrected chi connectivity index (χ1v) is 5.75. The summed E-state index contributed by atoms with van der Waals surface area (Å²) >= 11 is 0. The maximum Gasteiger partial charge on any atom is 0.250 e. The quantitative estimate of drug-likeness (QED) is 0.705. The molecule has 0 fully saturated rings. The fourth-order valence-electron chi connectivity index (χ4n) is 1.33. The predicted molar refractivity (Wildman–Crippen MR) is 63.6 cm³/mol. The van der Waals surface area contributed by atoms with E-state index in [1.807, 2.05) is 6.92 Å². The summed E-state index contributed by atoms with van der Waals surface area (Å²) in [5.74, 6) is -0.317. The Morgan fingerprint density at radius 1 is 1.41 bits per heavy atom. The summed E-state index contributed by atoms with van der Waals surface area (Å²) in [5.41, 5.74) is 0.573. The minimum Gasteiger partial charge on any atom is -0.475 e. The third kappa shape index (κ3) is 4.66. The molecule has 5 heteroatoms. The van der Waals surface area contributed by atoms with Gasteiger partial charge in [0.2, 0.25) is 0 Å². The van der Waals surface area contributed by atoms with Gasteiger partial charge in [0.15, 0.2) is 5.82 Å². The van der Waals surface area contributed by atoms with Gasteiger partial charge in [-0.1, -0.05) is 6.92 Å². The zero-order chi connectivity index (χ0) is 12.5. The Morgan fingerprint density at radius 2 is 2.24 bits per heavy atom. The first kappa shape index (κ1) is 13.9. The van der Waals surface area contributed by atoms with E-state index in [1.54, 1.807) is 19.4 Å². The molecule has 96 valence electrons. The molecule has 1 N–H and O–H groups in total. The molecule has 0 radical (unpaired) electrons. The fraction of sp³-hybridized carbons (Fsp3) is 0.583. The van der Waals surface area contributed by atoms with Gasteiger partial charge in [0.1, 0.15) is 0 Å². The van der Waals surface area contributed by atoms with Gasteiger partial charge in [0.05, 0.1) is 6.61 Å². The van der Waals surface area contributed by atoms with Gasteiger partial charge >= 0.3 is 0 Å². The fourth-order valence-corrected chi connectivity index (χ4v) is 1.33. The number of ether oxygens (including phenoxy) is 2. The second-order valence-electron chi connectivity index (χ2n) is 3.56. The second-order valence-corrected chi connectivity index (χ2v) is 3.56. The van der Waals surface area contributed by atoms with Crippen LogP contribution in [0.15, 0.2) is 12.3 Å². The van der Waals surface area contributed by atoms with Crippen molar-refractivity contribution in [3.05, 3.63) is 23.6 Å². The first-order valence-electron chi connectivity index (χ1n) is 5.75. The van der Waals surface area contributed by atoms with Crippen LogP contribution < -0.4 is 10.1 Å². The molecule has 1 rings (SSSR count). The molecule has 1 aromatic heterocycles. The van der Waals surface area contributed by atoms with Crippen molar-refractivity contribution in [3.8, 4) is 5.88 Å². The lowest BCUT2D eigenvalue weighted by Gasteiger charge is -2.09. The highest BCUT2D eigenvalue weighted by Crippen LogP contribution is 2.17. The molecular weight excluding hydrogens is 223 g/mol. The normalized spacial score (nSPS) is 10.5. The van der Waals surface area contributed by atoms with E-state index in [4.69, 9.17) is 9.47 Å². The van der Waals surface area contributed by atoms with E-state index < -0.39 is 0 Å². The molecule has 1 aromatic rings. The summed E-state index contributed by atoms with van der Waals surface area (Å²) in [4.78, 5) is 3.88. The highest BCUT2D eigenvalue weighted by Gasteiger charge is 2.09. The van der Waals surface area contributed by atoms with Gasteiger partial charge in [-0.05, 0) is 12.6 Å². The average Bonchev–Trinajstić information content (AvgIpc) is 2.35. The van der Waals surface area contributed by atoms with Crippen LogP contribution >= 0.6 is 0 Å². The molecular formula is C12H19FN2O2. The number of nitrogens with zero attached hydrogens (tertiary/aromatic N) is 1. The van der Waals surface area contributed by atoms with E-state index in [9.17, 15) is 4.39 Å². The van der Waals surface area contributed by atoms with Crippen LogP contribution in [-0.2, 0) is 11.3 Å². The molecule has 0 aliphatic carbocycles. The van der Waals surface area contributed by atoms with Crippen molar-refractivity contribution in [3.63, 3.8) is 0 Å². The van der Waals surface area contributed by atoms with Crippen LogP contribution in [0.3, 0.4) is 0 Å². The molecule has 4 nitrogen and oxygen atoms in total. The van der Waals surface area contributed by atoms with Crippen molar-refractivity contribution in [1.82, 2.24) is 10.3 Å². The van der Waals surface area contributed by atoms with Crippen molar-refractivity contribution in [2.24, 2.45) is 0 Å². The molecule has 0 spiro atoms. The minimum atomic E-state index is -0.383. The van der Waals surface area contributed by atoms with Crippen LogP contribution in [0.4, 0.5) is 4.39 Å². The lowest BCUT2D eigenvalue weighted by molar-refractivity contribution is 0.168. The molecule has 0 bridgehead atoms. The predicted octanol–water partition coefficient (Wildman–Crippen LogP) is 1.75. The van der Waals surface area contributed by atoms with Crippen molar-refractivity contribution in [1.29, 1.82) is 0 Å². The molecule has 0 aliphatic rings. The van der Waals surface area contributed by atoms with Gasteiger partial charge in [-0.3, -0.25) is 0 Å². The third-order valence-corrected chi connectivity index (χ3v) is 2.23. The van der Waals surface area contributed by atoms with Gasteiger partial charge in [-0.15, -0.1) is 0 Å². The second kappa shape index (κ2) is 7.97. The summed E-state index contributed by atoms with van der Waals surface area (Å²) in [6.07, 6.45) is 2.27. The van der Waals surface area contributed by atoms with Crippen molar-refractivity contribution in [2.45, 2.75) is 19.9 Å². The van der Waals surface area contributed by atoms with Crippen LogP contribution in [0, 0.1) is 5.82 Å². The van der Waals surface area contributed by atoms with Crippen LogP contribution in [0.1, 0.15) is 18.9 Å². The summed E-state index contributed by atoms with van der Waals surface area (Å²) < 4.78 is 24.0. The molecule has 0 unspecified atom stereocenters. The summed E-state index contributed by atoms with van der Waals surface area (Å²) in [7, 11) is 1.62. The van der Waals surface area contributed by atoms with Crippen molar-refractivity contribution < 1.29 is 13.9 Å². The van der Waals surface area contributed by atoms with E-state index in [0.29, 0.717) is 25.3 Å². The highest BCUT2D eigenvalue weighted by molar-refractivity contribution is 5.23. The maximum atomic E-state index is 13.8. The number of methoxy groups -OCH3 is 1. The summed E-state index contributed by atoms with van der Waals surface area (Å²) in [6, 6.07) is 1.65. The van der Waals surface area contributed by atoms with Crippen molar-refractivity contribution >= 4 is 0 Å². The third-order valence-electron chi connectivity index (χ3n) is 2.23. The zero-order valence-electron chi connectivity index (χ0n) is 10.3. The molecule has 0 amide bonds. The standard InChI is InChI=1S/C12H19FN2O2/c1-3-14-9-10-5-6-15-12(11(10)13)17-8-4-7-16-2/h5-6,14H,3-4,7-9H2,1-2H3. The van der Waals surface area contributed by atoms with Crippen molar-refractivity contribution in [2.75, 3.05) is 26.9 Å². The monoisotopic (exact) mass is 242 g/mol. The zero-order valence-corrected chi connectivity index (χ0v) is 10.3. The smallest absolute Gasteiger partial charge is 0.250 e. The lowest BCUT2D eigenvalue weighted by Crippen LogP contribution is -2.14. The van der Waals surface area contributed by atoms with E-state index in [0.717, 1.165) is 13.0 Å². The van der Waals surface area contributed by atoms with Gasteiger partial charge in [-0.2, -0.15) is 0 Å². The number of hydrogen-bond donors (Lipinski definition) is 1. The molecule has 0 atom stereocenters.